The number of nitrogens with two attached hydrogens (primary N) is 3. The topological polar surface area (TPSA) is 78.1 Å². The van der Waals surface area contributed by atoms with Gasteiger partial charge in [-0.2, -0.15) is 0 Å². The molecule has 0 bridgehead atoms. The number of hydrogen-bond acceptors (Lipinski definition) is 3. The van der Waals surface area contributed by atoms with E-state index in [0.29, 0.717) is 11.4 Å². The van der Waals surface area contributed by atoms with Crippen molar-refractivity contribution in [3.8, 4) is 11.1 Å². The van der Waals surface area contributed by atoms with Crippen LogP contribution in [0.5, 0.6) is 0 Å². The van der Waals surface area contributed by atoms with Crippen LogP contribution in [-0.4, -0.2) is 0 Å². The molecule has 0 unspecified atom stereocenters. The van der Waals surface area contributed by atoms with Crippen molar-refractivity contribution >= 4 is 17.1 Å². The Morgan fingerprint density at radius 1 is 0.688 bits per heavy atom. The summed E-state index contributed by atoms with van der Waals surface area (Å²) in [5.41, 5.74) is 21.1. The van der Waals surface area contributed by atoms with Crippen molar-refractivity contribution in [2.24, 2.45) is 0 Å². The Kier molecular flexibility index (Phi) is 3.40. The lowest BCUT2D eigenvalue weighted by molar-refractivity contribution is 1.60. The van der Waals surface area contributed by atoms with Crippen molar-refractivity contribution in [3.63, 3.8) is 0 Å². The smallest absolute Gasteiger partial charge is 0.0554 e. The van der Waals surface area contributed by atoms with Gasteiger partial charge in [-0.25, -0.2) is 0 Å². The Morgan fingerprint density at radius 3 is 2.00 bits per heavy atom. The van der Waals surface area contributed by atoms with Gasteiger partial charge in [0.15, 0.2) is 0 Å². The molecule has 84 valence electrons. The van der Waals surface area contributed by atoms with Crippen LogP contribution < -0.4 is 17.2 Å². The summed E-state index contributed by atoms with van der Waals surface area (Å²) in [7, 11) is 0. The first-order valence-electron chi connectivity index (χ1n) is 4.68. The molecule has 2 aromatic rings. The Labute approximate surface area is 95.9 Å². The zero-order valence-electron chi connectivity index (χ0n) is 8.27. The molecule has 0 fully saturated rings. The predicted molar refractivity (Wildman–Crippen MR) is 71.8 cm³/mol. The molecule has 0 aliphatic heterocycles. The van der Waals surface area contributed by atoms with E-state index in [9.17, 15) is 0 Å². The first kappa shape index (κ1) is 11.9. The minimum absolute atomic E-state index is 0. The maximum atomic E-state index is 5.74. The highest BCUT2D eigenvalue weighted by molar-refractivity contribution is 5.75. The first-order chi connectivity index (χ1) is 7.16. The van der Waals surface area contributed by atoms with Gasteiger partial charge in [-0.05, 0) is 35.4 Å². The van der Waals surface area contributed by atoms with Crippen LogP contribution in [0.4, 0.5) is 17.1 Å². The molecular weight excluding hydrogens is 198 g/mol. The van der Waals surface area contributed by atoms with Crippen LogP contribution in [0.15, 0.2) is 42.5 Å². The zero-order chi connectivity index (χ0) is 10.8. The van der Waals surface area contributed by atoms with Crippen molar-refractivity contribution in [2.75, 3.05) is 17.2 Å². The third-order valence-corrected chi connectivity index (χ3v) is 2.31. The maximum Gasteiger partial charge on any atom is 0.0554 e. The van der Waals surface area contributed by atoms with Crippen LogP contribution in [0.1, 0.15) is 7.43 Å². The minimum Gasteiger partial charge on any atom is -0.399 e. The summed E-state index contributed by atoms with van der Waals surface area (Å²) >= 11 is 0. The lowest BCUT2D eigenvalue weighted by Crippen LogP contribution is -1.94. The summed E-state index contributed by atoms with van der Waals surface area (Å²) < 4.78 is 0. The molecule has 6 N–H and O–H groups in total. The van der Waals surface area contributed by atoms with Crippen LogP contribution in [0.3, 0.4) is 0 Å². The molecule has 0 saturated carbocycles. The molecule has 0 aromatic heterocycles. The molecule has 16 heavy (non-hydrogen) atoms. The van der Waals surface area contributed by atoms with E-state index in [2.05, 4.69) is 0 Å². The molecule has 3 heteroatoms. The number of benzene rings is 2. The van der Waals surface area contributed by atoms with Gasteiger partial charge in [0.05, 0.1) is 11.4 Å². The van der Waals surface area contributed by atoms with Gasteiger partial charge in [-0.1, -0.05) is 25.6 Å². The Bertz CT molecular complexity index is 492. The highest BCUT2D eigenvalue weighted by Crippen LogP contribution is 2.26. The van der Waals surface area contributed by atoms with E-state index >= 15 is 0 Å². The van der Waals surface area contributed by atoms with E-state index in [1.54, 1.807) is 6.07 Å². The second-order valence-corrected chi connectivity index (χ2v) is 3.47. The van der Waals surface area contributed by atoms with Crippen molar-refractivity contribution in [2.45, 2.75) is 7.43 Å². The van der Waals surface area contributed by atoms with E-state index in [-0.39, 0.29) is 7.43 Å². The van der Waals surface area contributed by atoms with Gasteiger partial charge in [0, 0.05) is 5.69 Å². The summed E-state index contributed by atoms with van der Waals surface area (Å²) in [5, 5.41) is 0. The fourth-order valence-corrected chi connectivity index (χ4v) is 1.47. The molecule has 0 amide bonds. The van der Waals surface area contributed by atoms with Crippen LogP contribution in [-0.2, 0) is 0 Å². The van der Waals surface area contributed by atoms with Crippen LogP contribution >= 0.6 is 0 Å². The molecule has 2 rings (SSSR count). The second-order valence-electron chi connectivity index (χ2n) is 3.47. The lowest BCUT2D eigenvalue weighted by Gasteiger charge is -2.05. The van der Waals surface area contributed by atoms with Crippen LogP contribution in [0, 0.1) is 0 Å². The van der Waals surface area contributed by atoms with Crippen molar-refractivity contribution < 1.29 is 0 Å². The largest absolute Gasteiger partial charge is 0.399 e. The van der Waals surface area contributed by atoms with Gasteiger partial charge in [0.25, 0.3) is 0 Å². The van der Waals surface area contributed by atoms with E-state index in [1.807, 2.05) is 36.4 Å². The Hall–Kier alpha value is -2.16. The summed E-state index contributed by atoms with van der Waals surface area (Å²) in [5.74, 6) is 0. The van der Waals surface area contributed by atoms with Gasteiger partial charge >= 0.3 is 0 Å². The number of nitrogen functional groups attached to an aromatic ring is 3. The second kappa shape index (κ2) is 4.57. The first-order valence-corrected chi connectivity index (χ1v) is 4.68. The van der Waals surface area contributed by atoms with Crippen molar-refractivity contribution in [1.29, 1.82) is 0 Å². The van der Waals surface area contributed by atoms with E-state index in [0.717, 1.165) is 16.8 Å². The highest BCUT2D eigenvalue weighted by Gasteiger charge is 2.00. The fraction of sp³-hybridized carbons (Fsp3) is 0.0769. The fourth-order valence-electron chi connectivity index (χ4n) is 1.47. The molecule has 0 atom stereocenters. The lowest BCUT2D eigenvalue weighted by atomic mass is 10.0. The van der Waals surface area contributed by atoms with Gasteiger partial charge < -0.3 is 17.2 Å². The molecule has 0 radical (unpaired) electrons. The molecular formula is C13H17N3. The third-order valence-electron chi connectivity index (χ3n) is 2.31. The molecule has 0 heterocycles. The van der Waals surface area contributed by atoms with Crippen molar-refractivity contribution in [3.05, 3.63) is 42.5 Å². The average molecular weight is 215 g/mol. The van der Waals surface area contributed by atoms with Crippen LogP contribution in [0.25, 0.3) is 11.1 Å². The van der Waals surface area contributed by atoms with Gasteiger partial charge in [0.1, 0.15) is 0 Å². The Balaban J connectivity index is 0.00000128. The van der Waals surface area contributed by atoms with E-state index < -0.39 is 0 Å². The average Bonchev–Trinajstić information content (AvgIpc) is 2.22. The highest BCUT2D eigenvalue weighted by atomic mass is 14.7. The SMILES string of the molecule is C.Nc1cccc(-c2ccc(N)c(N)c2)c1. The Morgan fingerprint density at radius 2 is 1.38 bits per heavy atom. The van der Waals surface area contributed by atoms with E-state index in [1.165, 1.54) is 0 Å². The quantitative estimate of drug-likeness (QED) is 0.640. The molecule has 3 nitrogen and oxygen atoms in total. The zero-order valence-corrected chi connectivity index (χ0v) is 8.27. The minimum atomic E-state index is 0. The van der Waals surface area contributed by atoms with E-state index in [4.69, 9.17) is 17.2 Å². The molecule has 0 aliphatic carbocycles. The molecule has 0 aliphatic rings. The predicted octanol–water partition coefficient (Wildman–Crippen LogP) is 2.74. The maximum absolute atomic E-state index is 5.74. The third kappa shape index (κ3) is 2.25. The molecule has 0 saturated heterocycles. The van der Waals surface area contributed by atoms with Gasteiger partial charge in [-0.15, -0.1) is 0 Å². The monoisotopic (exact) mass is 215 g/mol. The van der Waals surface area contributed by atoms with Crippen molar-refractivity contribution in [1.82, 2.24) is 0 Å². The summed E-state index contributed by atoms with van der Waals surface area (Å²) in [6.45, 7) is 0. The number of anilines is 3. The summed E-state index contributed by atoms with van der Waals surface area (Å²) in [6, 6.07) is 13.2. The number of hydrogen-bond donors (Lipinski definition) is 3. The summed E-state index contributed by atoms with van der Waals surface area (Å²) in [4.78, 5) is 0. The van der Waals surface area contributed by atoms with Gasteiger partial charge in [-0.3, -0.25) is 0 Å². The summed E-state index contributed by atoms with van der Waals surface area (Å²) in [6.07, 6.45) is 0. The molecule has 2 aromatic carbocycles. The normalized spacial score (nSPS) is 9.50. The molecule has 0 spiro atoms. The van der Waals surface area contributed by atoms with Crippen LogP contribution in [0.2, 0.25) is 0 Å². The number of rotatable bonds is 1. The standard InChI is InChI=1S/C12H13N3.CH4/c13-10-3-1-2-8(6-10)9-4-5-11(14)12(15)7-9;/h1-7H,13-15H2;1H4. The van der Waals surface area contributed by atoms with Gasteiger partial charge in [0.2, 0.25) is 0 Å².